The van der Waals surface area contributed by atoms with Crippen LogP contribution >= 0.6 is 0 Å². The van der Waals surface area contributed by atoms with Gasteiger partial charge >= 0.3 is 0 Å². The van der Waals surface area contributed by atoms with Gasteiger partial charge in [-0.05, 0) is 173 Å². The molecule has 0 atom stereocenters. The van der Waals surface area contributed by atoms with E-state index in [1.165, 1.54) is 134 Å². The molecule has 0 nitrogen and oxygen atoms in total. The monoisotopic (exact) mass is 824 g/mol. The van der Waals surface area contributed by atoms with E-state index in [1.54, 1.807) is 0 Å². The zero-order valence-corrected chi connectivity index (χ0v) is 39.0. The van der Waals surface area contributed by atoms with Crippen molar-refractivity contribution in [2.45, 2.75) is 90.9 Å². The Morgan fingerprint density at radius 3 is 0.812 bits per heavy atom. The molecule has 8 aromatic carbocycles. The SMILES string of the molecule is Cc1ccc(-c2ccc3c(c2)C(C)(C)c2cc4c(cc2-3)C(C)(C)c2cc(/C=C/c3ccc5c(c3)C(C)(C)c3cc6c(cc3-5)C(C)(C)c3cc(-c5ccc(C)cc5)ccc3-6)ccc2-4)cc1. The van der Waals surface area contributed by atoms with Crippen LogP contribution in [-0.4, -0.2) is 0 Å². The van der Waals surface area contributed by atoms with Gasteiger partial charge in [-0.2, -0.15) is 0 Å². The largest absolute Gasteiger partial charge is 0.0587 e. The molecule has 0 saturated carbocycles. The standard InChI is InChI=1S/C64H56/c1-37-11-19-41(20-12-37)43-23-27-47-51-35-57-49(33-59(51)63(7,8)55(47)31-43)45-25-17-39(29-53(45)61(57,3)4)15-16-40-18-26-46-50-34-60-52(36-58(50)62(5,6)54(46)30-40)48-28-24-44(32-56(48)64(60,9)10)42-21-13-38(2)14-22-42/h11-36H,1-10H3/b16-15+. The van der Waals surface area contributed by atoms with Gasteiger partial charge in [-0.3, -0.25) is 0 Å². The van der Waals surface area contributed by atoms with Crippen LogP contribution in [0.5, 0.6) is 0 Å². The van der Waals surface area contributed by atoms with E-state index in [2.05, 4.69) is 227 Å². The second-order valence-electron chi connectivity index (χ2n) is 21.6. The summed E-state index contributed by atoms with van der Waals surface area (Å²) in [5, 5.41) is 0. The summed E-state index contributed by atoms with van der Waals surface area (Å²) < 4.78 is 0. The molecule has 312 valence electrons. The Morgan fingerprint density at radius 1 is 0.250 bits per heavy atom. The second-order valence-corrected chi connectivity index (χ2v) is 21.6. The molecule has 12 rings (SSSR count). The Kier molecular flexibility index (Phi) is 7.97. The molecule has 0 spiro atoms. The molecule has 0 heteroatoms. The van der Waals surface area contributed by atoms with Gasteiger partial charge in [-0.1, -0.05) is 188 Å². The van der Waals surface area contributed by atoms with Gasteiger partial charge in [0.05, 0.1) is 0 Å². The highest BCUT2D eigenvalue weighted by Gasteiger charge is 2.43. The van der Waals surface area contributed by atoms with Crippen molar-refractivity contribution >= 4 is 12.2 Å². The summed E-state index contributed by atoms with van der Waals surface area (Å²) in [5.41, 5.74) is 32.3. The molecule has 0 bridgehead atoms. The highest BCUT2D eigenvalue weighted by Crippen LogP contribution is 2.58. The maximum atomic E-state index is 2.53. The van der Waals surface area contributed by atoms with E-state index in [-0.39, 0.29) is 21.7 Å². The van der Waals surface area contributed by atoms with Crippen LogP contribution in [0.15, 0.2) is 146 Å². The topological polar surface area (TPSA) is 0 Å². The number of aryl methyl sites for hydroxylation is 2. The van der Waals surface area contributed by atoms with Crippen molar-refractivity contribution in [3.8, 4) is 66.8 Å². The van der Waals surface area contributed by atoms with E-state index in [0.717, 1.165) is 0 Å². The van der Waals surface area contributed by atoms with Gasteiger partial charge in [-0.25, -0.2) is 0 Å². The van der Waals surface area contributed by atoms with Crippen LogP contribution in [0.25, 0.3) is 78.9 Å². The third-order valence-electron chi connectivity index (χ3n) is 16.2. The average molecular weight is 825 g/mol. The van der Waals surface area contributed by atoms with Gasteiger partial charge in [0.15, 0.2) is 0 Å². The Bertz CT molecular complexity index is 3130. The number of hydrogen-bond donors (Lipinski definition) is 0. The number of rotatable bonds is 4. The quantitative estimate of drug-likeness (QED) is 0.155. The van der Waals surface area contributed by atoms with Crippen molar-refractivity contribution in [2.75, 3.05) is 0 Å². The lowest BCUT2D eigenvalue weighted by Gasteiger charge is -2.24. The summed E-state index contributed by atoms with van der Waals surface area (Å²) in [7, 11) is 0. The summed E-state index contributed by atoms with van der Waals surface area (Å²) in [5.74, 6) is 0. The lowest BCUT2D eigenvalue weighted by molar-refractivity contribution is 0.652. The van der Waals surface area contributed by atoms with Crippen LogP contribution in [0.4, 0.5) is 0 Å². The Balaban J connectivity index is 0.840. The fourth-order valence-corrected chi connectivity index (χ4v) is 12.2. The van der Waals surface area contributed by atoms with E-state index < -0.39 is 0 Å². The zero-order chi connectivity index (χ0) is 44.2. The van der Waals surface area contributed by atoms with Crippen LogP contribution in [-0.2, 0) is 21.7 Å². The third-order valence-corrected chi connectivity index (χ3v) is 16.2. The molecule has 0 radical (unpaired) electrons. The predicted octanol–water partition coefficient (Wildman–Crippen LogP) is 17.0. The lowest BCUT2D eigenvalue weighted by Crippen LogP contribution is -2.17. The van der Waals surface area contributed by atoms with Gasteiger partial charge in [0.25, 0.3) is 0 Å². The van der Waals surface area contributed by atoms with Crippen molar-refractivity contribution in [2.24, 2.45) is 0 Å². The number of fused-ring (bicyclic) bond motifs is 12. The third kappa shape index (κ3) is 5.41. The molecule has 4 aliphatic rings. The van der Waals surface area contributed by atoms with Crippen LogP contribution in [0.1, 0.15) is 122 Å². The van der Waals surface area contributed by atoms with Crippen LogP contribution in [0.3, 0.4) is 0 Å². The maximum Gasteiger partial charge on any atom is 0.0159 e. The fraction of sp³-hybridized carbons (Fsp3) is 0.219. The van der Waals surface area contributed by atoms with Crippen molar-refractivity contribution < 1.29 is 0 Å². The van der Waals surface area contributed by atoms with Crippen LogP contribution in [0.2, 0.25) is 0 Å². The van der Waals surface area contributed by atoms with E-state index >= 15 is 0 Å². The molecular weight excluding hydrogens is 769 g/mol. The molecule has 0 fully saturated rings. The minimum atomic E-state index is -0.111. The zero-order valence-electron chi connectivity index (χ0n) is 39.0. The Hall–Kier alpha value is -6.50. The highest BCUT2D eigenvalue weighted by atomic mass is 14.5. The van der Waals surface area contributed by atoms with Gasteiger partial charge in [0.2, 0.25) is 0 Å². The Labute approximate surface area is 380 Å². The summed E-state index contributed by atoms with van der Waals surface area (Å²) >= 11 is 0. The van der Waals surface area contributed by atoms with E-state index in [0.29, 0.717) is 0 Å². The molecule has 0 aliphatic heterocycles. The first-order valence-electron chi connectivity index (χ1n) is 23.3. The minimum absolute atomic E-state index is 0.0868. The second kappa shape index (κ2) is 13.0. The molecule has 0 aromatic heterocycles. The highest BCUT2D eigenvalue weighted by molar-refractivity contribution is 5.93. The first-order chi connectivity index (χ1) is 30.5. The van der Waals surface area contributed by atoms with Gasteiger partial charge < -0.3 is 0 Å². The summed E-state index contributed by atoms with van der Waals surface area (Å²) in [6.45, 7) is 23.6. The molecule has 0 amide bonds. The first-order valence-corrected chi connectivity index (χ1v) is 23.3. The number of benzene rings is 8. The molecule has 8 aromatic rings. The van der Waals surface area contributed by atoms with Crippen molar-refractivity contribution in [3.05, 3.63) is 212 Å². The molecule has 64 heavy (non-hydrogen) atoms. The first kappa shape index (κ1) is 39.1. The molecular formula is C64H56. The van der Waals surface area contributed by atoms with Crippen molar-refractivity contribution in [1.29, 1.82) is 0 Å². The van der Waals surface area contributed by atoms with Crippen molar-refractivity contribution in [3.63, 3.8) is 0 Å². The van der Waals surface area contributed by atoms with Crippen molar-refractivity contribution in [1.82, 2.24) is 0 Å². The summed E-state index contributed by atoms with van der Waals surface area (Å²) in [4.78, 5) is 0. The molecule has 0 unspecified atom stereocenters. The van der Waals surface area contributed by atoms with E-state index in [4.69, 9.17) is 0 Å². The minimum Gasteiger partial charge on any atom is -0.0587 e. The smallest absolute Gasteiger partial charge is 0.0159 e. The van der Waals surface area contributed by atoms with Gasteiger partial charge in [0.1, 0.15) is 0 Å². The fourth-order valence-electron chi connectivity index (χ4n) is 12.2. The summed E-state index contributed by atoms with van der Waals surface area (Å²) in [6, 6.07) is 56.5. The van der Waals surface area contributed by atoms with E-state index in [9.17, 15) is 0 Å². The van der Waals surface area contributed by atoms with Crippen LogP contribution < -0.4 is 0 Å². The average Bonchev–Trinajstić information content (AvgIpc) is 3.83. The predicted molar refractivity (Wildman–Crippen MR) is 272 cm³/mol. The molecule has 0 N–H and O–H groups in total. The Morgan fingerprint density at radius 2 is 0.500 bits per heavy atom. The molecule has 0 saturated heterocycles. The van der Waals surface area contributed by atoms with Gasteiger partial charge in [0, 0.05) is 21.7 Å². The van der Waals surface area contributed by atoms with Crippen LogP contribution in [0, 0.1) is 13.8 Å². The van der Waals surface area contributed by atoms with E-state index in [1.807, 2.05) is 0 Å². The maximum absolute atomic E-state index is 2.53. The molecule has 0 heterocycles. The van der Waals surface area contributed by atoms with Gasteiger partial charge in [-0.15, -0.1) is 0 Å². The summed E-state index contributed by atoms with van der Waals surface area (Å²) in [6.07, 6.45) is 4.64. The normalized spacial score (nSPS) is 16.7. The number of hydrogen-bond acceptors (Lipinski definition) is 0. The lowest BCUT2D eigenvalue weighted by atomic mass is 9.79. The molecule has 4 aliphatic carbocycles.